The Labute approximate surface area is 109 Å². The van der Waals surface area contributed by atoms with Crippen LogP contribution >= 0.6 is 0 Å². The zero-order valence-electron chi connectivity index (χ0n) is 11.5. The zero-order chi connectivity index (χ0) is 12.9. The Morgan fingerprint density at radius 2 is 1.94 bits per heavy atom. The van der Waals surface area contributed by atoms with Gasteiger partial charge in [-0.15, -0.1) is 6.58 Å². The summed E-state index contributed by atoms with van der Waals surface area (Å²) in [6.45, 7) is 12.7. The van der Waals surface area contributed by atoms with E-state index in [0.717, 1.165) is 0 Å². The fraction of sp³-hybridized carbons (Fsp3) is 0.429. The molecule has 1 rings (SSSR count). The summed E-state index contributed by atoms with van der Waals surface area (Å²) >= 11 is 0. The van der Waals surface area contributed by atoms with E-state index < -0.39 is 18.1 Å². The Morgan fingerprint density at radius 3 is 2.41 bits per heavy atom. The molecule has 0 saturated carbocycles. The summed E-state index contributed by atoms with van der Waals surface area (Å²) in [7, 11) is -2.16. The summed E-state index contributed by atoms with van der Waals surface area (Å²) in [6, 6.07) is 8.98. The van der Waals surface area contributed by atoms with Gasteiger partial charge in [-0.25, -0.2) is 0 Å². The van der Waals surface area contributed by atoms with Crippen molar-refractivity contribution in [2.45, 2.75) is 39.3 Å². The van der Waals surface area contributed by atoms with Crippen LogP contribution in [0.3, 0.4) is 0 Å². The van der Waals surface area contributed by atoms with Crippen molar-refractivity contribution in [3.05, 3.63) is 42.1 Å². The summed E-state index contributed by atoms with van der Waals surface area (Å²) < 4.78 is 6.05. The van der Waals surface area contributed by atoms with Gasteiger partial charge in [0.05, 0.1) is 0 Å². The van der Waals surface area contributed by atoms with E-state index in [1.165, 1.54) is 17.2 Å². The molecular formula is C14H24OSi2. The smallest absolute Gasteiger partial charge is 0.197 e. The minimum Gasteiger partial charge on any atom is -0.454 e. The van der Waals surface area contributed by atoms with Crippen LogP contribution in [0.4, 0.5) is 0 Å². The van der Waals surface area contributed by atoms with Crippen LogP contribution < -0.4 is 5.19 Å². The van der Waals surface area contributed by atoms with Gasteiger partial charge < -0.3 is 4.12 Å². The highest BCUT2D eigenvalue weighted by atomic mass is 28.4. The molecule has 17 heavy (non-hydrogen) atoms. The molecule has 0 fully saturated rings. The van der Waals surface area contributed by atoms with E-state index in [1.54, 1.807) is 0 Å². The summed E-state index contributed by atoms with van der Waals surface area (Å²) in [5.74, 6) is 0.658. The molecule has 1 nitrogen and oxygen atoms in total. The predicted molar refractivity (Wildman–Crippen MR) is 82.1 cm³/mol. The second-order valence-electron chi connectivity index (χ2n) is 5.15. The standard InChI is InChI=1S/C14H24OSi2/c1-6-12(3)13-8-10-14(11-9-13)16-15-17(4,5)7-2/h7-12H,2,6,16H2,1,3-5H3. The molecule has 3 heteroatoms. The molecule has 0 N–H and O–H groups in total. The fourth-order valence-electron chi connectivity index (χ4n) is 1.51. The van der Waals surface area contributed by atoms with E-state index in [9.17, 15) is 0 Å². The van der Waals surface area contributed by atoms with Gasteiger partial charge >= 0.3 is 0 Å². The molecule has 0 saturated heterocycles. The van der Waals surface area contributed by atoms with Crippen molar-refractivity contribution < 1.29 is 4.12 Å². The third kappa shape index (κ3) is 4.62. The SMILES string of the molecule is C=C[Si](C)(C)O[SiH2]c1ccc(C(C)CC)cc1. The zero-order valence-corrected chi connectivity index (χ0v) is 13.9. The molecule has 0 aromatic heterocycles. The molecule has 1 unspecified atom stereocenters. The minimum absolute atomic E-state index is 0.583. The van der Waals surface area contributed by atoms with Crippen molar-refractivity contribution in [1.29, 1.82) is 0 Å². The molecule has 0 spiro atoms. The van der Waals surface area contributed by atoms with Crippen molar-refractivity contribution in [1.82, 2.24) is 0 Å². The quantitative estimate of drug-likeness (QED) is 0.718. The van der Waals surface area contributed by atoms with Gasteiger partial charge in [-0.2, -0.15) is 0 Å². The third-order valence-electron chi connectivity index (χ3n) is 3.26. The first-order valence-corrected chi connectivity index (χ1v) is 10.6. The van der Waals surface area contributed by atoms with E-state index in [2.05, 4.69) is 57.8 Å². The second-order valence-corrected chi connectivity index (χ2v) is 11.0. The van der Waals surface area contributed by atoms with Crippen LogP contribution in [0.1, 0.15) is 31.7 Å². The van der Waals surface area contributed by atoms with Crippen LogP contribution in [-0.2, 0) is 4.12 Å². The molecule has 0 amide bonds. The maximum absolute atomic E-state index is 6.05. The Balaban J connectivity index is 2.60. The molecule has 94 valence electrons. The summed E-state index contributed by atoms with van der Waals surface area (Å²) in [4.78, 5) is 0. The van der Waals surface area contributed by atoms with Crippen molar-refractivity contribution in [2.75, 3.05) is 0 Å². The van der Waals surface area contributed by atoms with Gasteiger partial charge in [0, 0.05) is 0 Å². The van der Waals surface area contributed by atoms with Crippen LogP contribution in [0, 0.1) is 0 Å². The van der Waals surface area contributed by atoms with Crippen LogP contribution in [0.15, 0.2) is 36.5 Å². The summed E-state index contributed by atoms with van der Waals surface area (Å²) in [6.07, 6.45) is 1.20. The van der Waals surface area contributed by atoms with Gasteiger partial charge in [0.1, 0.15) is 0 Å². The maximum Gasteiger partial charge on any atom is 0.197 e. The monoisotopic (exact) mass is 264 g/mol. The van der Waals surface area contributed by atoms with Crippen LogP contribution in [0.2, 0.25) is 13.1 Å². The lowest BCUT2D eigenvalue weighted by Crippen LogP contribution is -2.34. The number of rotatable bonds is 6. The van der Waals surface area contributed by atoms with E-state index in [-0.39, 0.29) is 0 Å². The summed E-state index contributed by atoms with van der Waals surface area (Å²) in [5, 5.41) is 1.39. The number of benzene rings is 1. The van der Waals surface area contributed by atoms with E-state index in [4.69, 9.17) is 4.12 Å². The molecule has 0 radical (unpaired) electrons. The molecule has 0 aliphatic heterocycles. The average Bonchev–Trinajstić information content (AvgIpc) is 2.36. The van der Waals surface area contributed by atoms with Crippen LogP contribution in [0.25, 0.3) is 0 Å². The van der Waals surface area contributed by atoms with Gasteiger partial charge in [-0.05, 0) is 36.2 Å². The Hall–Kier alpha value is -0.646. The Bertz CT molecular complexity index is 357. The molecule has 0 aliphatic rings. The van der Waals surface area contributed by atoms with Gasteiger partial charge in [-0.1, -0.05) is 43.8 Å². The third-order valence-corrected chi connectivity index (χ3v) is 8.60. The van der Waals surface area contributed by atoms with E-state index in [0.29, 0.717) is 5.92 Å². The van der Waals surface area contributed by atoms with Gasteiger partial charge in [-0.3, -0.25) is 0 Å². The molecule has 0 aliphatic carbocycles. The molecule has 1 aromatic rings. The molecule has 1 aromatic carbocycles. The van der Waals surface area contributed by atoms with Crippen molar-refractivity contribution in [2.24, 2.45) is 0 Å². The molecule has 0 heterocycles. The van der Waals surface area contributed by atoms with Gasteiger partial charge in [0.25, 0.3) is 0 Å². The van der Waals surface area contributed by atoms with Crippen molar-refractivity contribution in [3.8, 4) is 0 Å². The average molecular weight is 265 g/mol. The first kappa shape index (κ1) is 14.4. The van der Waals surface area contributed by atoms with Crippen LogP contribution in [-0.4, -0.2) is 18.1 Å². The number of hydrogen-bond acceptors (Lipinski definition) is 1. The Morgan fingerprint density at radius 1 is 1.35 bits per heavy atom. The first-order chi connectivity index (χ1) is 7.98. The highest BCUT2D eigenvalue weighted by Crippen LogP contribution is 2.16. The fourth-order valence-corrected chi connectivity index (χ4v) is 4.56. The van der Waals surface area contributed by atoms with Gasteiger partial charge in [0.2, 0.25) is 0 Å². The topological polar surface area (TPSA) is 9.23 Å². The molecule has 1 atom stereocenters. The highest BCUT2D eigenvalue weighted by Gasteiger charge is 2.16. The minimum atomic E-state index is -1.58. The lowest BCUT2D eigenvalue weighted by Gasteiger charge is -2.18. The molecule has 0 bridgehead atoms. The highest BCUT2D eigenvalue weighted by molar-refractivity contribution is 6.81. The van der Waals surface area contributed by atoms with E-state index >= 15 is 0 Å². The number of hydrogen-bond donors (Lipinski definition) is 0. The van der Waals surface area contributed by atoms with Crippen molar-refractivity contribution in [3.63, 3.8) is 0 Å². The maximum atomic E-state index is 6.05. The Kier molecular flexibility index (Phi) is 5.37. The van der Waals surface area contributed by atoms with Gasteiger partial charge in [0.15, 0.2) is 18.1 Å². The van der Waals surface area contributed by atoms with E-state index in [1.807, 2.05) is 5.70 Å². The second kappa shape index (κ2) is 6.33. The normalized spacial score (nSPS) is 14.1. The first-order valence-electron chi connectivity index (χ1n) is 6.35. The largest absolute Gasteiger partial charge is 0.454 e. The lowest BCUT2D eigenvalue weighted by molar-refractivity contribution is 0.615. The predicted octanol–water partition coefficient (Wildman–Crippen LogP) is 2.86. The lowest BCUT2D eigenvalue weighted by atomic mass is 9.99. The van der Waals surface area contributed by atoms with Crippen LogP contribution in [0.5, 0.6) is 0 Å². The van der Waals surface area contributed by atoms with Crippen molar-refractivity contribution >= 4 is 23.3 Å². The molecular weight excluding hydrogens is 240 g/mol. The summed E-state index contributed by atoms with van der Waals surface area (Å²) in [5.41, 5.74) is 3.44.